The second-order valence-electron chi connectivity index (χ2n) is 7.94. The number of nitrogens with one attached hydrogen (secondary N) is 1. The summed E-state index contributed by atoms with van der Waals surface area (Å²) >= 11 is 0. The molecule has 2 aromatic carbocycles. The molecule has 3 amide bonds. The lowest BCUT2D eigenvalue weighted by Crippen LogP contribution is -2.45. The van der Waals surface area contributed by atoms with Crippen LogP contribution in [-0.4, -0.2) is 61.4 Å². The van der Waals surface area contributed by atoms with Crippen molar-refractivity contribution in [2.45, 2.75) is 32.4 Å². The van der Waals surface area contributed by atoms with E-state index in [0.29, 0.717) is 12.2 Å². The van der Waals surface area contributed by atoms with Crippen LogP contribution >= 0.6 is 0 Å². The van der Waals surface area contributed by atoms with Crippen LogP contribution in [0.2, 0.25) is 0 Å². The van der Waals surface area contributed by atoms with E-state index in [-0.39, 0.29) is 30.6 Å². The Morgan fingerprint density at radius 2 is 1.81 bits per heavy atom. The summed E-state index contributed by atoms with van der Waals surface area (Å²) in [4.78, 5) is 26.9. The predicted octanol–water partition coefficient (Wildman–Crippen LogP) is 3.43. The van der Waals surface area contributed by atoms with Gasteiger partial charge in [-0.1, -0.05) is 18.2 Å². The number of hydrazone groups is 1. The summed E-state index contributed by atoms with van der Waals surface area (Å²) in [6, 6.07) is 14.5. The predicted molar refractivity (Wildman–Crippen MR) is 123 cm³/mol. The molecule has 0 fully saturated rings. The lowest BCUT2D eigenvalue weighted by Gasteiger charge is -2.26. The number of likely N-dealkylation sites (N-methyl/N-ethyl adjacent to an activating group) is 1. The highest BCUT2D eigenvalue weighted by atomic mass is 16.5. The number of urea groups is 1. The minimum atomic E-state index is -0.336. The summed E-state index contributed by atoms with van der Waals surface area (Å²) in [7, 11) is 4.82. The van der Waals surface area contributed by atoms with Gasteiger partial charge in [-0.15, -0.1) is 0 Å². The summed E-state index contributed by atoms with van der Waals surface area (Å²) < 4.78 is 10.8. The molecule has 2 aromatic rings. The molecule has 8 nitrogen and oxygen atoms in total. The third-order valence-electron chi connectivity index (χ3n) is 5.22. The first-order valence-corrected chi connectivity index (χ1v) is 10.5. The van der Waals surface area contributed by atoms with E-state index in [1.807, 2.05) is 62.4 Å². The molecule has 0 radical (unpaired) electrons. The molecule has 1 aliphatic heterocycles. The average Bonchev–Trinajstić information content (AvgIpc) is 3.24. The molecule has 0 aromatic heterocycles. The molecule has 1 atom stereocenters. The molecule has 0 aliphatic carbocycles. The van der Waals surface area contributed by atoms with E-state index in [4.69, 9.17) is 9.47 Å². The zero-order valence-corrected chi connectivity index (χ0v) is 19.2. The summed E-state index contributed by atoms with van der Waals surface area (Å²) in [5.41, 5.74) is 2.56. The van der Waals surface area contributed by atoms with Gasteiger partial charge in [-0.3, -0.25) is 4.79 Å². The van der Waals surface area contributed by atoms with Gasteiger partial charge < -0.3 is 19.7 Å². The van der Waals surface area contributed by atoms with Gasteiger partial charge >= 0.3 is 6.03 Å². The Bertz CT molecular complexity index is 988. The molecule has 0 spiro atoms. The van der Waals surface area contributed by atoms with Crippen molar-refractivity contribution in [3.8, 4) is 11.5 Å². The number of amides is 3. The quantitative estimate of drug-likeness (QED) is 0.718. The molecule has 0 saturated heterocycles. The van der Waals surface area contributed by atoms with Gasteiger partial charge in [0.15, 0.2) is 0 Å². The number of carbonyl (C=O) groups excluding carboxylic acids is 2. The standard InChI is InChI=1S/C24H30N4O4/c1-16(2)25-24(30)27(3)15-23(29)28-21(19-8-6-7-9-22(19)32-5)14-20(26-28)17-10-12-18(31-4)13-11-17/h6-13,16,21H,14-15H2,1-5H3,(H,25,30). The Balaban J connectivity index is 1.90. The molecule has 1 unspecified atom stereocenters. The van der Waals surface area contributed by atoms with Gasteiger partial charge in [0.25, 0.3) is 5.91 Å². The number of hydrogen-bond acceptors (Lipinski definition) is 5. The number of methoxy groups -OCH3 is 2. The van der Waals surface area contributed by atoms with Crippen molar-refractivity contribution in [1.82, 2.24) is 15.2 Å². The second kappa shape index (κ2) is 10.2. The summed E-state index contributed by atoms with van der Waals surface area (Å²) in [5.74, 6) is 1.16. The minimum absolute atomic E-state index is 0.0205. The van der Waals surface area contributed by atoms with Crippen LogP contribution in [0.15, 0.2) is 53.6 Å². The molecule has 170 valence electrons. The highest BCUT2D eigenvalue weighted by Crippen LogP contribution is 2.37. The smallest absolute Gasteiger partial charge is 0.317 e. The Kier molecular flexibility index (Phi) is 7.35. The molecular formula is C24H30N4O4. The lowest BCUT2D eigenvalue weighted by molar-refractivity contribution is -0.133. The minimum Gasteiger partial charge on any atom is -0.497 e. The van der Waals surface area contributed by atoms with Crippen LogP contribution in [0, 0.1) is 0 Å². The fraction of sp³-hybridized carbons (Fsp3) is 0.375. The van der Waals surface area contributed by atoms with Gasteiger partial charge in [-0.05, 0) is 49.7 Å². The Morgan fingerprint density at radius 3 is 2.44 bits per heavy atom. The van der Waals surface area contributed by atoms with Gasteiger partial charge in [0.2, 0.25) is 0 Å². The lowest BCUT2D eigenvalue weighted by atomic mass is 9.97. The van der Waals surface area contributed by atoms with Crippen LogP contribution in [0.4, 0.5) is 4.79 Å². The van der Waals surface area contributed by atoms with Gasteiger partial charge in [0, 0.05) is 25.1 Å². The Morgan fingerprint density at radius 1 is 1.12 bits per heavy atom. The maximum atomic E-state index is 13.2. The monoisotopic (exact) mass is 438 g/mol. The fourth-order valence-corrected chi connectivity index (χ4v) is 3.59. The first kappa shape index (κ1) is 23.1. The molecule has 3 rings (SSSR count). The average molecular weight is 439 g/mol. The van der Waals surface area contributed by atoms with Gasteiger partial charge in [-0.2, -0.15) is 5.10 Å². The third kappa shape index (κ3) is 5.19. The SMILES string of the molecule is COc1ccc(C2=NN(C(=O)CN(C)C(=O)NC(C)C)C(c3ccccc3OC)C2)cc1. The largest absolute Gasteiger partial charge is 0.497 e. The summed E-state index contributed by atoms with van der Waals surface area (Å²) in [5, 5.41) is 8.93. The van der Waals surface area contributed by atoms with E-state index in [9.17, 15) is 9.59 Å². The Hall–Kier alpha value is -3.55. The third-order valence-corrected chi connectivity index (χ3v) is 5.22. The molecule has 1 heterocycles. The van der Waals surface area contributed by atoms with Gasteiger partial charge in [0.1, 0.15) is 18.0 Å². The van der Waals surface area contributed by atoms with Crippen LogP contribution in [-0.2, 0) is 4.79 Å². The van der Waals surface area contributed by atoms with Crippen molar-refractivity contribution in [2.75, 3.05) is 27.8 Å². The van der Waals surface area contributed by atoms with Crippen LogP contribution in [0.1, 0.15) is 37.4 Å². The highest BCUT2D eigenvalue weighted by Gasteiger charge is 2.35. The maximum Gasteiger partial charge on any atom is 0.317 e. The molecule has 1 aliphatic rings. The van der Waals surface area contributed by atoms with Crippen molar-refractivity contribution < 1.29 is 19.1 Å². The number of hydrogen-bond donors (Lipinski definition) is 1. The van der Waals surface area contributed by atoms with Crippen molar-refractivity contribution in [2.24, 2.45) is 5.10 Å². The van der Waals surface area contributed by atoms with E-state index in [0.717, 1.165) is 22.6 Å². The van der Waals surface area contributed by atoms with Crippen molar-refractivity contribution in [3.63, 3.8) is 0 Å². The number of carbonyl (C=O) groups is 2. The summed E-state index contributed by atoms with van der Waals surface area (Å²) in [6.07, 6.45) is 0.528. The first-order valence-electron chi connectivity index (χ1n) is 10.5. The normalized spacial score (nSPS) is 15.4. The number of nitrogens with zero attached hydrogens (tertiary/aromatic N) is 3. The molecule has 32 heavy (non-hydrogen) atoms. The molecule has 8 heteroatoms. The Labute approximate surface area is 188 Å². The van der Waals surface area contributed by atoms with Crippen LogP contribution < -0.4 is 14.8 Å². The fourth-order valence-electron chi connectivity index (χ4n) is 3.59. The van der Waals surface area contributed by atoms with Crippen molar-refractivity contribution >= 4 is 17.6 Å². The van der Waals surface area contributed by atoms with E-state index in [2.05, 4.69) is 10.4 Å². The molecule has 1 N–H and O–H groups in total. The zero-order valence-electron chi connectivity index (χ0n) is 19.2. The number of ether oxygens (including phenoxy) is 2. The van der Waals surface area contributed by atoms with Gasteiger partial charge in [-0.25, -0.2) is 9.80 Å². The highest BCUT2D eigenvalue weighted by molar-refractivity contribution is 6.03. The van der Waals surface area contributed by atoms with E-state index in [1.165, 1.54) is 9.91 Å². The zero-order chi connectivity index (χ0) is 23.3. The number of para-hydroxylation sites is 1. The topological polar surface area (TPSA) is 83.5 Å². The van der Waals surface area contributed by atoms with Crippen LogP contribution in [0.5, 0.6) is 11.5 Å². The van der Waals surface area contributed by atoms with Crippen molar-refractivity contribution in [3.05, 3.63) is 59.7 Å². The van der Waals surface area contributed by atoms with Crippen LogP contribution in [0.3, 0.4) is 0 Å². The van der Waals surface area contributed by atoms with E-state index in [1.54, 1.807) is 21.3 Å². The van der Waals surface area contributed by atoms with E-state index >= 15 is 0 Å². The second-order valence-corrected chi connectivity index (χ2v) is 7.94. The summed E-state index contributed by atoms with van der Waals surface area (Å²) in [6.45, 7) is 3.65. The molecular weight excluding hydrogens is 408 g/mol. The maximum absolute atomic E-state index is 13.2. The number of benzene rings is 2. The van der Waals surface area contributed by atoms with Gasteiger partial charge in [0.05, 0.1) is 26.0 Å². The van der Waals surface area contributed by atoms with Crippen molar-refractivity contribution in [1.29, 1.82) is 0 Å². The first-order chi connectivity index (χ1) is 15.3. The number of rotatable bonds is 7. The molecule has 0 saturated carbocycles. The van der Waals surface area contributed by atoms with Crippen LogP contribution in [0.25, 0.3) is 0 Å². The molecule has 0 bridgehead atoms. The van der Waals surface area contributed by atoms with E-state index < -0.39 is 0 Å².